The topological polar surface area (TPSA) is 78.8 Å². The van der Waals surface area contributed by atoms with Crippen LogP contribution in [0.2, 0.25) is 5.02 Å². The molecule has 22 heavy (non-hydrogen) atoms. The maximum absolute atomic E-state index is 12.3. The largest absolute Gasteiger partial charge is 0.478 e. The molecular weight excluding hydrogens is 304 g/mol. The first kappa shape index (κ1) is 16.5. The molecule has 0 saturated carbocycles. The highest BCUT2D eigenvalue weighted by Crippen LogP contribution is 2.31. The number of aryl methyl sites for hydroxylation is 1. The zero-order valence-corrected chi connectivity index (χ0v) is 14.0. The Labute approximate surface area is 134 Å². The molecule has 1 heterocycles. The number of carboxylic acids is 1. The Morgan fingerprint density at radius 2 is 2.00 bits per heavy atom. The van der Waals surface area contributed by atoms with Gasteiger partial charge in [-0.05, 0) is 43.9 Å². The first-order chi connectivity index (χ1) is 10.1. The van der Waals surface area contributed by atoms with Gasteiger partial charge in [0.15, 0.2) is 0 Å². The third-order valence-electron chi connectivity index (χ3n) is 4.34. The van der Waals surface area contributed by atoms with Crippen molar-refractivity contribution in [1.82, 2.24) is 5.32 Å². The molecule has 2 N–H and O–H groups in total. The number of halogens is 1. The summed E-state index contributed by atoms with van der Waals surface area (Å²) in [5, 5.41) is 12.3. The SMILES string of the molecule is Cc1cc(Cl)c(C(=O)O)c(C)c1C1=NC(C)(C(C)C)C(=O)N1. The predicted octanol–water partition coefficient (Wildman–Crippen LogP) is 2.95. The van der Waals surface area contributed by atoms with Gasteiger partial charge in [0, 0.05) is 5.56 Å². The molecule has 0 radical (unpaired) electrons. The highest BCUT2D eigenvalue weighted by molar-refractivity contribution is 6.34. The number of carbonyl (C=O) groups is 2. The maximum atomic E-state index is 12.3. The number of benzene rings is 1. The lowest BCUT2D eigenvalue weighted by Gasteiger charge is -2.21. The summed E-state index contributed by atoms with van der Waals surface area (Å²) in [7, 11) is 0. The molecule has 1 aromatic rings. The highest BCUT2D eigenvalue weighted by atomic mass is 35.5. The van der Waals surface area contributed by atoms with Crippen molar-refractivity contribution in [3.63, 3.8) is 0 Å². The van der Waals surface area contributed by atoms with E-state index in [4.69, 9.17) is 11.6 Å². The molecule has 1 unspecified atom stereocenters. The second-order valence-corrected chi connectivity index (χ2v) is 6.48. The molecule has 2 rings (SSSR count). The van der Waals surface area contributed by atoms with Gasteiger partial charge in [-0.15, -0.1) is 0 Å². The Bertz CT molecular complexity index is 710. The molecular formula is C16H19ClN2O3. The van der Waals surface area contributed by atoms with Crippen LogP contribution in [-0.2, 0) is 4.79 Å². The van der Waals surface area contributed by atoms with Crippen LogP contribution in [0.4, 0.5) is 0 Å². The number of hydrogen-bond donors (Lipinski definition) is 2. The van der Waals surface area contributed by atoms with Crippen molar-refractivity contribution in [2.75, 3.05) is 0 Å². The number of carbonyl (C=O) groups excluding carboxylic acids is 1. The van der Waals surface area contributed by atoms with Gasteiger partial charge in [0.25, 0.3) is 5.91 Å². The van der Waals surface area contributed by atoms with Crippen LogP contribution in [0.1, 0.15) is 47.8 Å². The molecule has 5 nitrogen and oxygen atoms in total. The summed E-state index contributed by atoms with van der Waals surface area (Å²) in [6, 6.07) is 1.59. The Morgan fingerprint density at radius 1 is 1.41 bits per heavy atom. The van der Waals surface area contributed by atoms with Crippen LogP contribution >= 0.6 is 11.6 Å². The number of aromatic carboxylic acids is 1. The lowest BCUT2D eigenvalue weighted by molar-refractivity contribution is -0.124. The first-order valence-electron chi connectivity index (χ1n) is 7.04. The summed E-state index contributed by atoms with van der Waals surface area (Å²) in [5.74, 6) is -0.837. The fourth-order valence-corrected chi connectivity index (χ4v) is 3.00. The molecule has 0 saturated heterocycles. The third kappa shape index (κ3) is 2.39. The van der Waals surface area contributed by atoms with E-state index in [2.05, 4.69) is 10.3 Å². The lowest BCUT2D eigenvalue weighted by Crippen LogP contribution is -2.41. The normalized spacial score (nSPS) is 21.0. The van der Waals surface area contributed by atoms with Crippen LogP contribution in [0.15, 0.2) is 11.1 Å². The smallest absolute Gasteiger partial charge is 0.337 e. The summed E-state index contributed by atoms with van der Waals surface area (Å²) in [4.78, 5) is 28.2. The van der Waals surface area contributed by atoms with Crippen molar-refractivity contribution >= 4 is 29.3 Å². The van der Waals surface area contributed by atoms with Gasteiger partial charge >= 0.3 is 5.97 Å². The van der Waals surface area contributed by atoms with Crippen LogP contribution in [-0.4, -0.2) is 28.4 Å². The van der Waals surface area contributed by atoms with Gasteiger partial charge in [-0.25, -0.2) is 4.79 Å². The molecule has 1 amide bonds. The van der Waals surface area contributed by atoms with Gasteiger partial charge in [-0.3, -0.25) is 9.79 Å². The fourth-order valence-electron chi connectivity index (χ4n) is 2.62. The van der Waals surface area contributed by atoms with Gasteiger partial charge in [0.2, 0.25) is 0 Å². The predicted molar refractivity (Wildman–Crippen MR) is 85.8 cm³/mol. The molecule has 6 heteroatoms. The number of carboxylic acid groups (broad SMARTS) is 1. The van der Waals surface area contributed by atoms with Gasteiger partial charge in [0.1, 0.15) is 11.4 Å². The van der Waals surface area contributed by atoms with Crippen LogP contribution < -0.4 is 5.32 Å². The van der Waals surface area contributed by atoms with Gasteiger partial charge in [-0.2, -0.15) is 0 Å². The van der Waals surface area contributed by atoms with E-state index in [1.54, 1.807) is 19.9 Å². The molecule has 1 aliphatic heterocycles. The Kier molecular flexibility index (Phi) is 4.04. The van der Waals surface area contributed by atoms with Crippen LogP contribution in [0, 0.1) is 19.8 Å². The fraction of sp³-hybridized carbons (Fsp3) is 0.438. The maximum Gasteiger partial charge on any atom is 0.337 e. The first-order valence-corrected chi connectivity index (χ1v) is 7.42. The summed E-state index contributed by atoms with van der Waals surface area (Å²) < 4.78 is 0. The third-order valence-corrected chi connectivity index (χ3v) is 4.64. The number of nitrogens with zero attached hydrogens (tertiary/aromatic N) is 1. The van der Waals surface area contributed by atoms with Crippen molar-refractivity contribution in [2.24, 2.45) is 10.9 Å². The summed E-state index contributed by atoms with van der Waals surface area (Å²) in [6.07, 6.45) is 0. The van der Waals surface area contributed by atoms with E-state index >= 15 is 0 Å². The molecule has 118 valence electrons. The van der Waals surface area contributed by atoms with E-state index in [1.165, 1.54) is 0 Å². The summed E-state index contributed by atoms with van der Waals surface area (Å²) >= 11 is 6.04. The lowest BCUT2D eigenvalue weighted by atomic mass is 9.89. The van der Waals surface area contributed by atoms with Crippen LogP contribution in [0.25, 0.3) is 0 Å². The average molecular weight is 323 g/mol. The molecule has 0 fully saturated rings. The van der Waals surface area contributed by atoms with E-state index in [0.717, 1.165) is 5.56 Å². The number of amidine groups is 1. The van der Waals surface area contributed by atoms with Gasteiger partial charge in [0.05, 0.1) is 10.6 Å². The van der Waals surface area contributed by atoms with Crippen molar-refractivity contribution < 1.29 is 14.7 Å². The van der Waals surface area contributed by atoms with Crippen molar-refractivity contribution in [1.29, 1.82) is 0 Å². The van der Waals surface area contributed by atoms with E-state index in [9.17, 15) is 14.7 Å². The van der Waals surface area contributed by atoms with E-state index < -0.39 is 11.5 Å². The highest BCUT2D eigenvalue weighted by Gasteiger charge is 2.42. The summed E-state index contributed by atoms with van der Waals surface area (Å²) in [5.41, 5.74) is 1.10. The van der Waals surface area contributed by atoms with E-state index in [0.29, 0.717) is 17.0 Å². The molecule has 0 bridgehead atoms. The van der Waals surface area contributed by atoms with Gasteiger partial charge < -0.3 is 10.4 Å². The Hall–Kier alpha value is -1.88. The summed E-state index contributed by atoms with van der Waals surface area (Å²) in [6.45, 7) is 9.13. The molecule has 1 aromatic carbocycles. The standard InChI is InChI=1S/C16H19ClN2O3/c1-7(2)16(5)15(22)18-13(19-16)11-8(3)6-10(17)12(9(11)4)14(20)21/h6-7H,1-5H3,(H,20,21)(H,18,19,22). The Morgan fingerprint density at radius 3 is 2.45 bits per heavy atom. The number of hydrogen-bond acceptors (Lipinski definition) is 3. The zero-order chi connectivity index (χ0) is 16.8. The second kappa shape index (κ2) is 5.39. The zero-order valence-electron chi connectivity index (χ0n) is 13.2. The van der Waals surface area contributed by atoms with E-state index in [-0.39, 0.29) is 22.4 Å². The second-order valence-electron chi connectivity index (χ2n) is 6.07. The van der Waals surface area contributed by atoms with Crippen LogP contribution in [0.5, 0.6) is 0 Å². The van der Waals surface area contributed by atoms with Crippen LogP contribution in [0.3, 0.4) is 0 Å². The number of rotatable bonds is 3. The minimum atomic E-state index is -1.10. The van der Waals surface area contributed by atoms with Crippen molar-refractivity contribution in [2.45, 2.75) is 40.2 Å². The Balaban J connectivity index is 2.67. The monoisotopic (exact) mass is 322 g/mol. The minimum absolute atomic E-state index is 0.0249. The number of nitrogens with one attached hydrogen (secondary N) is 1. The van der Waals surface area contributed by atoms with Gasteiger partial charge in [-0.1, -0.05) is 25.4 Å². The minimum Gasteiger partial charge on any atom is -0.478 e. The van der Waals surface area contributed by atoms with Crippen molar-refractivity contribution in [3.8, 4) is 0 Å². The molecule has 0 spiro atoms. The molecule has 0 aromatic heterocycles. The van der Waals surface area contributed by atoms with Crippen molar-refractivity contribution in [3.05, 3.63) is 33.3 Å². The quantitative estimate of drug-likeness (QED) is 0.898. The number of amides is 1. The number of aliphatic imine (C=N–C) groups is 1. The molecule has 1 aliphatic rings. The molecule has 0 aliphatic carbocycles. The molecule has 1 atom stereocenters. The average Bonchev–Trinajstić information content (AvgIpc) is 2.65. The van der Waals surface area contributed by atoms with E-state index in [1.807, 2.05) is 20.8 Å².